The van der Waals surface area contributed by atoms with Crippen molar-refractivity contribution in [2.24, 2.45) is 0 Å². The number of hydrogen-bond acceptors (Lipinski definition) is 4. The summed E-state index contributed by atoms with van der Waals surface area (Å²) >= 11 is 17.7. The van der Waals surface area contributed by atoms with Gasteiger partial charge >= 0.3 is 0 Å². The summed E-state index contributed by atoms with van der Waals surface area (Å²) in [5, 5.41) is 3.69. The number of benzene rings is 2. The first-order valence-electron chi connectivity index (χ1n) is 8.51. The quantitative estimate of drug-likeness (QED) is 0.547. The number of hydrogen-bond donors (Lipinski definition) is 3. The number of nitrogens with one attached hydrogen (secondary N) is 3. The van der Waals surface area contributed by atoms with Gasteiger partial charge in [-0.05, 0) is 37.3 Å². The highest BCUT2D eigenvalue weighted by atomic mass is 35.5. The molecule has 0 saturated carbocycles. The van der Waals surface area contributed by atoms with Crippen molar-refractivity contribution in [1.82, 2.24) is 10.9 Å². The Balaban J connectivity index is 1.73. The predicted octanol–water partition coefficient (Wildman–Crippen LogP) is 3.98. The first kappa shape index (κ1) is 22.8. The zero-order valence-corrected chi connectivity index (χ0v) is 17.6. The van der Waals surface area contributed by atoms with Gasteiger partial charge < -0.3 is 10.1 Å². The fourth-order valence-electron chi connectivity index (χ4n) is 2.11. The summed E-state index contributed by atoms with van der Waals surface area (Å²) in [6, 6.07) is 11.3. The second-order valence-corrected chi connectivity index (χ2v) is 7.15. The van der Waals surface area contributed by atoms with Gasteiger partial charge in [0.1, 0.15) is 5.75 Å². The average molecular weight is 459 g/mol. The number of rotatable bonds is 7. The maximum atomic E-state index is 12.0. The molecule has 2 aromatic rings. The van der Waals surface area contributed by atoms with Crippen LogP contribution in [0.5, 0.6) is 5.75 Å². The smallest absolute Gasteiger partial charge is 0.279 e. The Morgan fingerprint density at radius 1 is 0.931 bits per heavy atom. The SMILES string of the molecule is CC(Oc1ccc(Cl)cc1Cl)C(=O)NNC(=O)CCC(=O)Nc1ccccc1Cl. The molecule has 10 heteroatoms. The van der Waals surface area contributed by atoms with Crippen LogP contribution in [0.15, 0.2) is 42.5 Å². The third-order valence-electron chi connectivity index (χ3n) is 3.62. The lowest BCUT2D eigenvalue weighted by Gasteiger charge is -2.16. The van der Waals surface area contributed by atoms with Crippen LogP contribution < -0.4 is 20.9 Å². The van der Waals surface area contributed by atoms with Crippen molar-refractivity contribution in [2.75, 3.05) is 5.32 Å². The van der Waals surface area contributed by atoms with Crippen molar-refractivity contribution in [3.8, 4) is 5.75 Å². The van der Waals surface area contributed by atoms with E-state index in [0.29, 0.717) is 15.7 Å². The first-order chi connectivity index (χ1) is 13.8. The third kappa shape index (κ3) is 7.45. The Hall–Kier alpha value is -2.48. The molecule has 1 atom stereocenters. The molecule has 0 heterocycles. The predicted molar refractivity (Wildman–Crippen MR) is 112 cm³/mol. The van der Waals surface area contributed by atoms with Gasteiger partial charge in [0.25, 0.3) is 5.91 Å². The highest BCUT2D eigenvalue weighted by Crippen LogP contribution is 2.28. The number of carbonyl (C=O) groups is 3. The number of ether oxygens (including phenoxy) is 1. The molecule has 154 valence electrons. The Bertz CT molecular complexity index is 908. The van der Waals surface area contributed by atoms with E-state index in [1.54, 1.807) is 30.3 Å². The van der Waals surface area contributed by atoms with Crippen molar-refractivity contribution in [2.45, 2.75) is 25.9 Å². The zero-order chi connectivity index (χ0) is 21.4. The van der Waals surface area contributed by atoms with E-state index in [2.05, 4.69) is 16.2 Å². The van der Waals surface area contributed by atoms with Crippen molar-refractivity contribution in [3.63, 3.8) is 0 Å². The van der Waals surface area contributed by atoms with Gasteiger partial charge in [0.05, 0.1) is 15.7 Å². The van der Waals surface area contributed by atoms with Gasteiger partial charge in [0.2, 0.25) is 11.8 Å². The van der Waals surface area contributed by atoms with Gasteiger partial charge in [0.15, 0.2) is 6.10 Å². The van der Waals surface area contributed by atoms with Crippen LogP contribution in [-0.2, 0) is 14.4 Å². The number of halogens is 3. The van der Waals surface area contributed by atoms with Crippen LogP contribution in [0.2, 0.25) is 15.1 Å². The van der Waals surface area contributed by atoms with Crippen LogP contribution in [0.1, 0.15) is 19.8 Å². The molecule has 3 N–H and O–H groups in total. The van der Waals surface area contributed by atoms with Gasteiger partial charge in [-0.1, -0.05) is 46.9 Å². The maximum absolute atomic E-state index is 12.0. The molecule has 7 nitrogen and oxygen atoms in total. The summed E-state index contributed by atoms with van der Waals surface area (Å²) in [6.07, 6.45) is -1.15. The van der Waals surface area contributed by atoms with Crippen LogP contribution in [-0.4, -0.2) is 23.8 Å². The summed E-state index contributed by atoms with van der Waals surface area (Å²) < 4.78 is 5.44. The second kappa shape index (κ2) is 10.9. The van der Waals surface area contributed by atoms with Gasteiger partial charge in [-0.3, -0.25) is 25.2 Å². The van der Waals surface area contributed by atoms with E-state index in [1.165, 1.54) is 19.1 Å². The highest BCUT2D eigenvalue weighted by molar-refractivity contribution is 6.35. The Morgan fingerprint density at radius 3 is 2.31 bits per heavy atom. The average Bonchev–Trinajstić information content (AvgIpc) is 2.68. The molecule has 0 aliphatic carbocycles. The topological polar surface area (TPSA) is 96.5 Å². The van der Waals surface area contributed by atoms with E-state index in [1.807, 2.05) is 0 Å². The summed E-state index contributed by atoms with van der Waals surface area (Å²) in [7, 11) is 0. The monoisotopic (exact) mass is 457 g/mol. The van der Waals surface area contributed by atoms with Crippen molar-refractivity contribution in [1.29, 1.82) is 0 Å². The fraction of sp³-hybridized carbons (Fsp3) is 0.211. The lowest BCUT2D eigenvalue weighted by molar-refractivity contribution is -0.133. The second-order valence-electron chi connectivity index (χ2n) is 5.90. The molecule has 0 saturated heterocycles. The Morgan fingerprint density at radius 2 is 1.62 bits per heavy atom. The molecule has 3 amide bonds. The number of anilines is 1. The highest BCUT2D eigenvalue weighted by Gasteiger charge is 2.17. The van der Waals surface area contributed by atoms with Crippen LogP contribution >= 0.6 is 34.8 Å². The minimum absolute atomic E-state index is 0.0840. The van der Waals surface area contributed by atoms with Crippen molar-refractivity contribution >= 4 is 58.2 Å². The molecule has 0 aliphatic rings. The van der Waals surface area contributed by atoms with E-state index in [4.69, 9.17) is 39.5 Å². The molecule has 0 aliphatic heterocycles. The molecule has 2 aromatic carbocycles. The molecule has 29 heavy (non-hydrogen) atoms. The van der Waals surface area contributed by atoms with Crippen molar-refractivity contribution < 1.29 is 19.1 Å². The number of para-hydroxylation sites is 1. The van der Waals surface area contributed by atoms with Crippen LogP contribution in [0.3, 0.4) is 0 Å². The number of hydrazine groups is 1. The lowest BCUT2D eigenvalue weighted by Crippen LogP contribution is -2.47. The van der Waals surface area contributed by atoms with Gasteiger partial charge in [-0.2, -0.15) is 0 Å². The van der Waals surface area contributed by atoms with Gasteiger partial charge in [-0.15, -0.1) is 0 Å². The molecule has 1 unspecified atom stereocenters. The summed E-state index contributed by atoms with van der Waals surface area (Å²) in [5.74, 6) is -1.23. The van der Waals surface area contributed by atoms with Crippen molar-refractivity contribution in [3.05, 3.63) is 57.5 Å². The minimum atomic E-state index is -0.933. The van der Waals surface area contributed by atoms with E-state index in [9.17, 15) is 14.4 Å². The first-order valence-corrected chi connectivity index (χ1v) is 9.64. The molecule has 0 radical (unpaired) electrons. The van der Waals surface area contributed by atoms with Crippen LogP contribution in [0.4, 0.5) is 5.69 Å². The largest absolute Gasteiger partial charge is 0.479 e. The van der Waals surface area contributed by atoms with Gasteiger partial charge in [-0.25, -0.2) is 0 Å². The summed E-state index contributed by atoms with van der Waals surface area (Å²) in [4.78, 5) is 35.8. The van der Waals surface area contributed by atoms with E-state index in [-0.39, 0.29) is 29.5 Å². The number of carbonyl (C=O) groups excluding carboxylic acids is 3. The molecular weight excluding hydrogens is 441 g/mol. The fourth-order valence-corrected chi connectivity index (χ4v) is 2.75. The normalized spacial score (nSPS) is 11.3. The van der Waals surface area contributed by atoms with E-state index >= 15 is 0 Å². The number of amides is 3. The molecule has 2 rings (SSSR count). The summed E-state index contributed by atoms with van der Waals surface area (Å²) in [6.45, 7) is 1.49. The molecular formula is C19H18Cl3N3O4. The standard InChI is InChI=1S/C19H18Cl3N3O4/c1-11(29-16-7-6-12(20)10-14(16)22)19(28)25-24-18(27)9-8-17(26)23-15-5-3-2-4-13(15)21/h2-7,10-11H,8-9H2,1H3,(H,23,26)(H,24,27)(H,25,28). The molecule has 0 spiro atoms. The third-order valence-corrected chi connectivity index (χ3v) is 4.48. The summed E-state index contributed by atoms with van der Waals surface area (Å²) in [5.41, 5.74) is 4.91. The van der Waals surface area contributed by atoms with E-state index in [0.717, 1.165) is 0 Å². The van der Waals surface area contributed by atoms with Crippen LogP contribution in [0, 0.1) is 0 Å². The molecule has 0 bridgehead atoms. The van der Waals surface area contributed by atoms with Crippen LogP contribution in [0.25, 0.3) is 0 Å². The lowest BCUT2D eigenvalue weighted by atomic mass is 10.2. The zero-order valence-electron chi connectivity index (χ0n) is 15.3. The Kier molecular flexibility index (Phi) is 8.57. The molecule has 0 fully saturated rings. The Labute approximate surface area is 182 Å². The maximum Gasteiger partial charge on any atom is 0.279 e. The molecule has 0 aromatic heterocycles. The minimum Gasteiger partial charge on any atom is -0.479 e. The van der Waals surface area contributed by atoms with Gasteiger partial charge in [0, 0.05) is 17.9 Å². The van der Waals surface area contributed by atoms with E-state index < -0.39 is 17.9 Å².